The summed E-state index contributed by atoms with van der Waals surface area (Å²) in [4.78, 5) is 24.6. The molecule has 1 fully saturated rings. The van der Waals surface area contributed by atoms with Gasteiger partial charge in [0.05, 0.1) is 6.04 Å². The quantitative estimate of drug-likeness (QED) is 0.878. The van der Waals surface area contributed by atoms with Crippen molar-refractivity contribution in [3.05, 3.63) is 22.4 Å². The van der Waals surface area contributed by atoms with Crippen LogP contribution in [0.5, 0.6) is 0 Å². The van der Waals surface area contributed by atoms with Gasteiger partial charge in [0, 0.05) is 19.5 Å². The Morgan fingerprint density at radius 2 is 2.19 bits per heavy atom. The number of likely N-dealkylation sites (tertiary alicyclic amines) is 1. The van der Waals surface area contributed by atoms with E-state index >= 15 is 0 Å². The minimum absolute atomic E-state index is 0.0217. The Bertz CT molecular complexity index is 467. The molecule has 1 saturated heterocycles. The molecule has 0 spiro atoms. The number of nitrogens with zero attached hydrogens (tertiary/aromatic N) is 1. The molecule has 116 valence electrons. The smallest absolute Gasteiger partial charge is 0.317 e. The summed E-state index contributed by atoms with van der Waals surface area (Å²) in [6.45, 7) is 3.42. The average Bonchev–Trinajstić information content (AvgIpc) is 3.00. The van der Waals surface area contributed by atoms with Crippen molar-refractivity contribution in [2.24, 2.45) is 5.92 Å². The minimum Gasteiger partial charge on any atom is -0.481 e. The van der Waals surface area contributed by atoms with Gasteiger partial charge in [-0.15, -0.1) is 0 Å². The molecule has 6 heteroatoms. The van der Waals surface area contributed by atoms with Crippen LogP contribution in [0.4, 0.5) is 4.79 Å². The second-order valence-electron chi connectivity index (χ2n) is 5.59. The third kappa shape index (κ3) is 4.74. The summed E-state index contributed by atoms with van der Waals surface area (Å²) in [7, 11) is 0. The van der Waals surface area contributed by atoms with Crippen LogP contribution in [0.2, 0.25) is 0 Å². The van der Waals surface area contributed by atoms with Crippen LogP contribution in [0.25, 0.3) is 0 Å². The third-order valence-corrected chi connectivity index (χ3v) is 4.75. The first kappa shape index (κ1) is 15.8. The Kier molecular flexibility index (Phi) is 5.61. The van der Waals surface area contributed by atoms with Crippen LogP contribution in [-0.2, 0) is 4.79 Å². The number of amides is 2. The molecule has 1 unspecified atom stereocenters. The highest BCUT2D eigenvalue weighted by Gasteiger charge is 2.24. The Morgan fingerprint density at radius 3 is 2.76 bits per heavy atom. The van der Waals surface area contributed by atoms with E-state index in [0.717, 1.165) is 24.8 Å². The van der Waals surface area contributed by atoms with E-state index < -0.39 is 5.97 Å². The summed E-state index contributed by atoms with van der Waals surface area (Å²) in [6, 6.07) is 2.02. The molecule has 0 aromatic carbocycles. The second-order valence-corrected chi connectivity index (χ2v) is 6.37. The number of hydrogen-bond acceptors (Lipinski definition) is 3. The number of nitrogens with one attached hydrogen (secondary N) is 1. The largest absolute Gasteiger partial charge is 0.481 e. The van der Waals surface area contributed by atoms with Crippen molar-refractivity contribution in [1.29, 1.82) is 0 Å². The molecular weight excluding hydrogens is 288 g/mol. The molecule has 1 aliphatic heterocycles. The first-order valence-electron chi connectivity index (χ1n) is 7.35. The van der Waals surface area contributed by atoms with E-state index in [1.54, 1.807) is 11.3 Å². The van der Waals surface area contributed by atoms with E-state index in [1.807, 2.05) is 28.7 Å². The van der Waals surface area contributed by atoms with Gasteiger partial charge in [0.1, 0.15) is 0 Å². The molecule has 1 aliphatic rings. The summed E-state index contributed by atoms with van der Waals surface area (Å²) in [6.07, 6.45) is 2.74. The predicted octanol–water partition coefficient (Wildman–Crippen LogP) is 3.10. The molecule has 1 atom stereocenters. The molecule has 2 rings (SSSR count). The van der Waals surface area contributed by atoms with Crippen LogP contribution >= 0.6 is 11.3 Å². The van der Waals surface area contributed by atoms with Crippen LogP contribution in [0.15, 0.2) is 16.8 Å². The van der Waals surface area contributed by atoms with E-state index in [1.165, 1.54) is 0 Å². The van der Waals surface area contributed by atoms with Crippen molar-refractivity contribution in [2.45, 2.75) is 38.6 Å². The van der Waals surface area contributed by atoms with Gasteiger partial charge in [0.25, 0.3) is 0 Å². The SMILES string of the molecule is CC(NC(=O)N1CCC(CCC(=O)O)CC1)c1ccsc1. The lowest BCUT2D eigenvalue weighted by molar-refractivity contribution is -0.137. The van der Waals surface area contributed by atoms with E-state index in [-0.39, 0.29) is 18.5 Å². The minimum atomic E-state index is -0.736. The van der Waals surface area contributed by atoms with Crippen molar-refractivity contribution in [3.8, 4) is 0 Å². The van der Waals surface area contributed by atoms with Crippen molar-refractivity contribution in [1.82, 2.24) is 10.2 Å². The highest BCUT2D eigenvalue weighted by molar-refractivity contribution is 7.07. The number of rotatable bonds is 5. The Hall–Kier alpha value is -1.56. The zero-order valence-corrected chi connectivity index (χ0v) is 13.1. The number of carbonyl (C=O) groups excluding carboxylic acids is 1. The molecular formula is C15H22N2O3S. The number of hydrogen-bond donors (Lipinski definition) is 2. The van der Waals surface area contributed by atoms with Crippen molar-refractivity contribution >= 4 is 23.3 Å². The van der Waals surface area contributed by atoms with Crippen molar-refractivity contribution in [2.75, 3.05) is 13.1 Å². The molecule has 2 N–H and O–H groups in total. The van der Waals surface area contributed by atoms with Gasteiger partial charge in [0.15, 0.2) is 0 Å². The van der Waals surface area contributed by atoms with Crippen LogP contribution in [0.3, 0.4) is 0 Å². The average molecular weight is 310 g/mol. The number of piperidine rings is 1. The molecule has 5 nitrogen and oxygen atoms in total. The summed E-state index contributed by atoms with van der Waals surface area (Å²) < 4.78 is 0. The van der Waals surface area contributed by atoms with Gasteiger partial charge in [-0.25, -0.2) is 4.79 Å². The number of urea groups is 1. The molecule has 0 radical (unpaired) electrons. The van der Waals surface area contributed by atoms with Crippen LogP contribution in [0.1, 0.15) is 44.2 Å². The first-order chi connectivity index (χ1) is 10.1. The van der Waals surface area contributed by atoms with Gasteiger partial charge in [-0.3, -0.25) is 4.79 Å². The molecule has 0 saturated carbocycles. The van der Waals surface area contributed by atoms with Gasteiger partial charge in [-0.05, 0) is 54.5 Å². The lowest BCUT2D eigenvalue weighted by Gasteiger charge is -2.32. The molecule has 0 bridgehead atoms. The van der Waals surface area contributed by atoms with Crippen LogP contribution in [-0.4, -0.2) is 35.1 Å². The van der Waals surface area contributed by atoms with Crippen molar-refractivity contribution in [3.63, 3.8) is 0 Å². The van der Waals surface area contributed by atoms with Gasteiger partial charge in [-0.1, -0.05) is 0 Å². The number of carboxylic acids is 1. The maximum Gasteiger partial charge on any atom is 0.317 e. The van der Waals surface area contributed by atoms with Gasteiger partial charge in [0.2, 0.25) is 0 Å². The van der Waals surface area contributed by atoms with E-state index in [4.69, 9.17) is 5.11 Å². The standard InChI is InChI=1S/C15H22N2O3S/c1-11(13-6-9-21-10-13)16-15(20)17-7-4-12(5-8-17)2-3-14(18)19/h6,9-12H,2-5,7-8H2,1H3,(H,16,20)(H,18,19). The summed E-state index contributed by atoms with van der Waals surface area (Å²) in [5.74, 6) is -0.306. The van der Waals surface area contributed by atoms with Gasteiger partial charge >= 0.3 is 12.0 Å². The van der Waals surface area contributed by atoms with Gasteiger partial charge < -0.3 is 15.3 Å². The molecule has 1 aromatic rings. The number of carbonyl (C=O) groups is 2. The molecule has 1 aromatic heterocycles. The highest BCUT2D eigenvalue weighted by Crippen LogP contribution is 2.22. The highest BCUT2D eigenvalue weighted by atomic mass is 32.1. The zero-order valence-electron chi connectivity index (χ0n) is 12.2. The normalized spacial score (nSPS) is 17.5. The van der Waals surface area contributed by atoms with E-state index in [0.29, 0.717) is 19.0 Å². The third-order valence-electron chi connectivity index (χ3n) is 4.05. The molecule has 21 heavy (non-hydrogen) atoms. The maximum atomic E-state index is 12.2. The maximum absolute atomic E-state index is 12.2. The summed E-state index contributed by atoms with van der Waals surface area (Å²) in [5, 5.41) is 15.8. The number of aliphatic carboxylic acids is 1. The number of carboxylic acid groups (broad SMARTS) is 1. The number of thiophene rings is 1. The molecule has 2 heterocycles. The fourth-order valence-corrected chi connectivity index (χ4v) is 3.39. The van der Waals surface area contributed by atoms with E-state index in [9.17, 15) is 9.59 Å². The van der Waals surface area contributed by atoms with E-state index in [2.05, 4.69) is 5.32 Å². The Balaban J connectivity index is 1.74. The van der Waals surface area contributed by atoms with Crippen molar-refractivity contribution < 1.29 is 14.7 Å². The monoisotopic (exact) mass is 310 g/mol. The zero-order chi connectivity index (χ0) is 15.2. The molecule has 2 amide bonds. The second kappa shape index (κ2) is 7.45. The Morgan fingerprint density at radius 1 is 1.48 bits per heavy atom. The molecule has 0 aliphatic carbocycles. The summed E-state index contributed by atoms with van der Waals surface area (Å²) >= 11 is 1.63. The lowest BCUT2D eigenvalue weighted by Crippen LogP contribution is -2.45. The van der Waals surface area contributed by atoms with Crippen LogP contribution in [0, 0.1) is 5.92 Å². The fourth-order valence-electron chi connectivity index (χ4n) is 2.63. The first-order valence-corrected chi connectivity index (χ1v) is 8.30. The predicted molar refractivity (Wildman–Crippen MR) is 82.4 cm³/mol. The topological polar surface area (TPSA) is 69.6 Å². The lowest BCUT2D eigenvalue weighted by atomic mass is 9.92. The van der Waals surface area contributed by atoms with Crippen LogP contribution < -0.4 is 5.32 Å². The Labute approximate surface area is 129 Å². The van der Waals surface area contributed by atoms with Gasteiger partial charge in [-0.2, -0.15) is 11.3 Å². The fraction of sp³-hybridized carbons (Fsp3) is 0.600. The summed E-state index contributed by atoms with van der Waals surface area (Å²) in [5.41, 5.74) is 1.13.